The van der Waals surface area contributed by atoms with Crippen molar-refractivity contribution < 1.29 is 5.11 Å². The third-order valence-corrected chi connectivity index (χ3v) is 10.9. The maximum absolute atomic E-state index is 9.96. The molecule has 0 unspecified atom stereocenters. The van der Waals surface area contributed by atoms with E-state index in [0.29, 0.717) is 0 Å². The van der Waals surface area contributed by atoms with E-state index in [-0.39, 0.29) is 11.2 Å². The van der Waals surface area contributed by atoms with Crippen molar-refractivity contribution in [2.75, 3.05) is 14.8 Å². The first kappa shape index (κ1) is 34.7. The Hall–Kier alpha value is -7.08. The molecule has 1 aliphatic heterocycles. The summed E-state index contributed by atoms with van der Waals surface area (Å²) in [5, 5.41) is 11.8. The molecule has 0 aliphatic carbocycles. The van der Waals surface area contributed by atoms with Crippen molar-refractivity contribution in [1.82, 2.24) is 0 Å². The summed E-state index contributed by atoms with van der Waals surface area (Å²) in [5.41, 5.74) is 15.0. The van der Waals surface area contributed by atoms with Crippen LogP contribution in [0.2, 0.25) is 0 Å². The summed E-state index contributed by atoms with van der Waals surface area (Å²) in [5.74, 6) is 7.14. The molecule has 0 atom stereocenters. The van der Waals surface area contributed by atoms with Gasteiger partial charge < -0.3 is 14.9 Å². The summed E-state index contributed by atoms with van der Waals surface area (Å²) >= 11 is 0. The minimum Gasteiger partial charge on any atom is -0.508 e. The van der Waals surface area contributed by atoms with Gasteiger partial charge in [0, 0.05) is 39.5 Å². The van der Waals surface area contributed by atoms with E-state index in [0.717, 1.165) is 67.8 Å². The van der Waals surface area contributed by atoms with Gasteiger partial charge in [0.05, 0.1) is 11.4 Å². The largest absolute Gasteiger partial charge is 0.508 e. The average Bonchev–Trinajstić information content (AvgIpc) is 3.25. The number of benzene rings is 8. The number of rotatable bonds is 8. The van der Waals surface area contributed by atoms with Crippen LogP contribution < -0.4 is 20.7 Å². The van der Waals surface area contributed by atoms with E-state index in [2.05, 4.69) is 169 Å². The summed E-state index contributed by atoms with van der Waals surface area (Å²) in [6.45, 7) is 4.59. The van der Waals surface area contributed by atoms with Crippen molar-refractivity contribution in [2.24, 2.45) is 5.84 Å². The first-order chi connectivity index (χ1) is 27.3. The molecule has 56 heavy (non-hydrogen) atoms. The Kier molecular flexibility index (Phi) is 8.85. The fraction of sp³-hybridized carbons (Fsp3) is 0.0588. The highest BCUT2D eigenvalue weighted by Crippen LogP contribution is 2.50. The Labute approximate surface area is 328 Å². The minimum atomic E-state index is -0.313. The molecule has 9 rings (SSSR count). The lowest BCUT2D eigenvalue weighted by Gasteiger charge is -2.40. The van der Waals surface area contributed by atoms with Gasteiger partial charge in [-0.2, -0.15) is 0 Å². The van der Waals surface area contributed by atoms with Crippen LogP contribution in [0.5, 0.6) is 5.75 Å². The molecule has 3 N–H and O–H groups in total. The maximum atomic E-state index is 9.96. The summed E-state index contributed by atoms with van der Waals surface area (Å²) in [6, 6.07) is 69.3. The van der Waals surface area contributed by atoms with Crippen LogP contribution in [0.1, 0.15) is 25.0 Å². The van der Waals surface area contributed by atoms with Crippen LogP contribution in [0.15, 0.2) is 200 Å². The van der Waals surface area contributed by atoms with E-state index < -0.39 is 0 Å². The van der Waals surface area contributed by atoms with Gasteiger partial charge in [0.25, 0.3) is 0 Å². The Bertz CT molecular complexity index is 2570. The first-order valence-corrected chi connectivity index (χ1v) is 18.9. The molecule has 8 aromatic rings. The molecule has 0 fully saturated rings. The normalized spacial score (nSPS) is 12.7. The van der Waals surface area contributed by atoms with Crippen LogP contribution in [0.4, 0.5) is 45.5 Å². The van der Waals surface area contributed by atoms with E-state index in [1.165, 1.54) is 11.1 Å². The first-order valence-electron chi connectivity index (χ1n) is 18.9. The van der Waals surface area contributed by atoms with Gasteiger partial charge in [0.2, 0.25) is 0 Å². The van der Waals surface area contributed by atoms with Crippen LogP contribution in [0.3, 0.4) is 0 Å². The molecule has 0 radical (unpaired) electrons. The lowest BCUT2D eigenvalue weighted by molar-refractivity contribution is 0.475. The number of para-hydroxylation sites is 3. The van der Waals surface area contributed by atoms with Crippen molar-refractivity contribution >= 4 is 45.5 Å². The van der Waals surface area contributed by atoms with Crippen molar-refractivity contribution in [3.63, 3.8) is 0 Å². The smallest absolute Gasteiger partial charge is 0.115 e. The third kappa shape index (κ3) is 6.34. The molecular weight excluding hydrogens is 685 g/mol. The van der Waals surface area contributed by atoms with Gasteiger partial charge in [-0.25, -0.2) is 5.84 Å². The van der Waals surface area contributed by atoms with Gasteiger partial charge in [-0.05, 0) is 143 Å². The predicted molar refractivity (Wildman–Crippen MR) is 233 cm³/mol. The van der Waals surface area contributed by atoms with Crippen LogP contribution in [0.25, 0.3) is 22.3 Å². The molecule has 0 saturated heterocycles. The quantitative estimate of drug-likeness (QED) is 0.153. The monoisotopic (exact) mass is 726 g/mol. The van der Waals surface area contributed by atoms with Gasteiger partial charge in [-0.1, -0.05) is 105 Å². The summed E-state index contributed by atoms with van der Waals surface area (Å²) < 4.78 is 0. The van der Waals surface area contributed by atoms with E-state index >= 15 is 0 Å². The third-order valence-electron chi connectivity index (χ3n) is 10.9. The molecular formula is C51H42N4O. The number of nitrogens with two attached hydrogens (primary N) is 1. The molecule has 1 aliphatic rings. The van der Waals surface area contributed by atoms with Crippen LogP contribution in [-0.4, -0.2) is 5.11 Å². The molecule has 5 heteroatoms. The van der Waals surface area contributed by atoms with Gasteiger partial charge in [-0.15, -0.1) is 0 Å². The zero-order valence-electron chi connectivity index (χ0n) is 31.4. The zero-order valence-corrected chi connectivity index (χ0v) is 31.4. The number of hydrazine groups is 1. The number of phenolic OH excluding ortho intramolecular Hbond substituents is 1. The van der Waals surface area contributed by atoms with Gasteiger partial charge in [-0.3, -0.25) is 5.01 Å². The minimum absolute atomic E-state index is 0.242. The van der Waals surface area contributed by atoms with Gasteiger partial charge >= 0.3 is 0 Å². The zero-order chi connectivity index (χ0) is 38.2. The molecule has 0 spiro atoms. The highest BCUT2D eigenvalue weighted by atomic mass is 16.3. The highest BCUT2D eigenvalue weighted by Gasteiger charge is 2.36. The van der Waals surface area contributed by atoms with E-state index in [9.17, 15) is 5.11 Å². The number of fused-ring (bicyclic) bond motifs is 2. The Balaban J connectivity index is 1.03. The van der Waals surface area contributed by atoms with E-state index in [1.807, 2.05) is 47.5 Å². The summed E-state index contributed by atoms with van der Waals surface area (Å²) in [7, 11) is 0. The summed E-state index contributed by atoms with van der Waals surface area (Å²) in [6.07, 6.45) is 0. The second-order valence-corrected chi connectivity index (χ2v) is 14.7. The Morgan fingerprint density at radius 2 is 0.696 bits per heavy atom. The molecule has 8 aromatic carbocycles. The number of phenols is 1. The number of hydrogen-bond acceptors (Lipinski definition) is 5. The highest BCUT2D eigenvalue weighted by molar-refractivity contribution is 5.85. The van der Waals surface area contributed by atoms with Crippen LogP contribution in [0, 0.1) is 0 Å². The fourth-order valence-electron chi connectivity index (χ4n) is 7.96. The van der Waals surface area contributed by atoms with Crippen molar-refractivity contribution in [2.45, 2.75) is 19.3 Å². The lowest BCUT2D eigenvalue weighted by Crippen LogP contribution is -2.36. The van der Waals surface area contributed by atoms with Crippen molar-refractivity contribution in [3.8, 4) is 28.0 Å². The van der Waals surface area contributed by atoms with Gasteiger partial charge in [0.15, 0.2) is 0 Å². The molecule has 1 heterocycles. The maximum Gasteiger partial charge on any atom is 0.115 e. The molecule has 272 valence electrons. The fourth-order valence-corrected chi connectivity index (χ4v) is 7.96. The number of nitrogens with zero attached hydrogens (tertiary/aromatic N) is 3. The van der Waals surface area contributed by atoms with E-state index in [4.69, 9.17) is 5.84 Å². The van der Waals surface area contributed by atoms with Crippen LogP contribution >= 0.6 is 0 Å². The second-order valence-electron chi connectivity index (χ2n) is 14.7. The number of aromatic hydroxyl groups is 1. The summed E-state index contributed by atoms with van der Waals surface area (Å²) in [4.78, 5) is 4.47. The number of hydrogen-bond donors (Lipinski definition) is 2. The molecule has 0 amide bonds. The Morgan fingerprint density at radius 3 is 1.05 bits per heavy atom. The predicted octanol–water partition coefficient (Wildman–Crippen LogP) is 13.3. The van der Waals surface area contributed by atoms with E-state index in [1.54, 1.807) is 12.1 Å². The molecule has 0 saturated carbocycles. The van der Waals surface area contributed by atoms with Gasteiger partial charge in [0.1, 0.15) is 5.75 Å². The SMILES string of the molecule is CC1(C)c2cc(-c3ccc(N(c4ccccc4)c4ccccc4)cc3)ccc2N(N)c2ccc(-c3ccc(N(c4ccccc4)c4ccc(O)cc4)cc3)cc21. The van der Waals surface area contributed by atoms with Crippen molar-refractivity contribution in [3.05, 3.63) is 211 Å². The lowest BCUT2D eigenvalue weighted by atomic mass is 9.72. The second kappa shape index (κ2) is 14.3. The topological polar surface area (TPSA) is 56.0 Å². The molecule has 0 aromatic heterocycles. The van der Waals surface area contributed by atoms with Crippen molar-refractivity contribution in [1.29, 1.82) is 0 Å². The molecule has 5 nitrogen and oxygen atoms in total. The standard InChI is InChI=1S/C51H42N4O/c1-51(2)47-34-38(36-18-24-43(25-19-36)53(40-12-6-3-7-13-40)41-14-8-4-9-15-41)22-32-49(47)55(52)50-33-23-39(35-48(50)51)37-20-26-44(27-21-37)54(42-16-10-5-11-17-42)45-28-30-46(56)31-29-45/h3-35,56H,52H2,1-2H3. The number of anilines is 8. The van der Waals surface area contributed by atoms with Crippen LogP contribution in [-0.2, 0) is 5.41 Å². The average molecular weight is 727 g/mol. The Morgan fingerprint density at radius 1 is 0.393 bits per heavy atom. The molecule has 0 bridgehead atoms.